The van der Waals surface area contributed by atoms with Crippen molar-refractivity contribution in [3.05, 3.63) is 64.7 Å². The molecule has 2 amide bonds. The Bertz CT molecular complexity index is 1020. The average molecular weight is 494 g/mol. The lowest BCUT2D eigenvalue weighted by Crippen LogP contribution is -2.35. The maximum absolute atomic E-state index is 13.5. The van der Waals surface area contributed by atoms with E-state index in [2.05, 4.69) is 17.1 Å². The lowest BCUT2D eigenvalue weighted by molar-refractivity contribution is 0.0772. The summed E-state index contributed by atoms with van der Waals surface area (Å²) in [5, 5.41) is 11.9. The summed E-state index contributed by atoms with van der Waals surface area (Å²) >= 11 is 0. The number of rotatable bonds is 10. The third kappa shape index (κ3) is 6.19. The number of benzene rings is 2. The Kier molecular flexibility index (Phi) is 8.52. The summed E-state index contributed by atoms with van der Waals surface area (Å²) in [7, 11) is 0. The molecule has 3 atom stereocenters. The number of fused-ring (bicyclic) bond motifs is 1. The predicted octanol–water partition coefficient (Wildman–Crippen LogP) is 4.89. The Morgan fingerprint density at radius 1 is 1.06 bits per heavy atom. The van der Waals surface area contributed by atoms with E-state index in [1.807, 2.05) is 61.2 Å². The highest BCUT2D eigenvalue weighted by Gasteiger charge is 2.42. The highest BCUT2D eigenvalue weighted by Crippen LogP contribution is 2.34. The summed E-state index contributed by atoms with van der Waals surface area (Å²) in [6, 6.07) is 13.5. The molecule has 7 heteroatoms. The van der Waals surface area contributed by atoms with Gasteiger partial charge in [-0.1, -0.05) is 43.7 Å². The molecule has 0 bridgehead atoms. The first-order valence-electron chi connectivity index (χ1n) is 13.2. The second kappa shape index (κ2) is 11.8. The Balaban J connectivity index is 1.32. The molecule has 0 radical (unpaired) electrons. The summed E-state index contributed by atoms with van der Waals surface area (Å²) in [6.07, 6.45) is 1.84. The van der Waals surface area contributed by atoms with Crippen LogP contribution in [0, 0.1) is 25.7 Å². The van der Waals surface area contributed by atoms with Crippen LogP contribution in [-0.2, 0) is 0 Å². The number of likely N-dealkylation sites (tertiary alicyclic amines) is 2. The van der Waals surface area contributed by atoms with Crippen molar-refractivity contribution >= 4 is 12.0 Å². The highest BCUT2D eigenvalue weighted by molar-refractivity contribution is 5.97. The zero-order valence-corrected chi connectivity index (χ0v) is 21.7. The second-order valence-corrected chi connectivity index (χ2v) is 10.3. The monoisotopic (exact) mass is 493 g/mol. The predicted molar refractivity (Wildman–Crippen MR) is 141 cm³/mol. The molecular formula is C29H39N3O4. The van der Waals surface area contributed by atoms with Crippen LogP contribution in [0.5, 0.6) is 5.75 Å². The lowest BCUT2D eigenvalue weighted by Gasteiger charge is -2.25. The SMILES string of the molecule is CCCCOc1cc(C)c(C(=O)N2CC3CN(CCC(NC(=O)O)c4ccccc4)C[C@H]3C2)c(C)c1. The Morgan fingerprint density at radius 3 is 2.28 bits per heavy atom. The number of hydrogen-bond donors (Lipinski definition) is 2. The van der Waals surface area contributed by atoms with E-state index < -0.39 is 6.09 Å². The first kappa shape index (κ1) is 26.0. The number of aryl methyl sites for hydroxylation is 2. The molecule has 7 nitrogen and oxygen atoms in total. The van der Waals surface area contributed by atoms with Crippen molar-refractivity contribution < 1.29 is 19.4 Å². The Labute approximate surface area is 214 Å². The highest BCUT2D eigenvalue weighted by atomic mass is 16.5. The third-order valence-corrected chi connectivity index (χ3v) is 7.57. The molecule has 2 unspecified atom stereocenters. The van der Waals surface area contributed by atoms with Crippen molar-refractivity contribution in [2.24, 2.45) is 11.8 Å². The van der Waals surface area contributed by atoms with E-state index in [0.29, 0.717) is 18.4 Å². The van der Waals surface area contributed by atoms with Gasteiger partial charge in [-0.2, -0.15) is 0 Å². The van der Waals surface area contributed by atoms with Gasteiger partial charge in [0.05, 0.1) is 12.6 Å². The van der Waals surface area contributed by atoms with Crippen LogP contribution >= 0.6 is 0 Å². The average Bonchev–Trinajstić information content (AvgIpc) is 3.41. The molecule has 194 valence electrons. The summed E-state index contributed by atoms with van der Waals surface area (Å²) in [5.41, 5.74) is 3.75. The number of carbonyl (C=O) groups is 2. The van der Waals surface area contributed by atoms with Crippen molar-refractivity contribution in [2.45, 2.75) is 46.1 Å². The number of nitrogens with one attached hydrogen (secondary N) is 1. The normalized spacial score (nSPS) is 20.2. The maximum atomic E-state index is 13.5. The second-order valence-electron chi connectivity index (χ2n) is 10.3. The van der Waals surface area contributed by atoms with Crippen LogP contribution in [0.15, 0.2) is 42.5 Å². The minimum atomic E-state index is -0.998. The van der Waals surface area contributed by atoms with Gasteiger partial charge in [-0.25, -0.2) is 4.79 Å². The smallest absolute Gasteiger partial charge is 0.405 e. The van der Waals surface area contributed by atoms with E-state index in [-0.39, 0.29) is 11.9 Å². The van der Waals surface area contributed by atoms with Gasteiger partial charge < -0.3 is 25.0 Å². The minimum absolute atomic E-state index is 0.126. The van der Waals surface area contributed by atoms with Crippen LogP contribution in [0.4, 0.5) is 4.79 Å². The fourth-order valence-electron chi connectivity index (χ4n) is 5.74. The molecule has 0 aliphatic carbocycles. The van der Waals surface area contributed by atoms with E-state index in [4.69, 9.17) is 4.74 Å². The number of amides is 2. The van der Waals surface area contributed by atoms with Crippen LogP contribution in [0.2, 0.25) is 0 Å². The quantitative estimate of drug-likeness (QED) is 0.461. The van der Waals surface area contributed by atoms with Crippen LogP contribution in [0.3, 0.4) is 0 Å². The molecule has 2 saturated heterocycles. The van der Waals surface area contributed by atoms with Gasteiger partial charge in [0.2, 0.25) is 0 Å². The van der Waals surface area contributed by atoms with Gasteiger partial charge in [0.1, 0.15) is 5.75 Å². The number of unbranched alkanes of at least 4 members (excludes halogenated alkanes) is 1. The minimum Gasteiger partial charge on any atom is -0.494 e. The first-order chi connectivity index (χ1) is 17.4. The van der Waals surface area contributed by atoms with Gasteiger partial charge in [-0.3, -0.25) is 4.79 Å². The van der Waals surface area contributed by atoms with Gasteiger partial charge >= 0.3 is 6.09 Å². The molecule has 0 spiro atoms. The standard InChI is InChI=1S/C29H39N3O4/c1-4-5-13-36-25-14-20(2)27(21(3)15-25)28(33)32-18-23-16-31(17-24(23)19-32)12-11-26(30-29(34)35)22-9-7-6-8-10-22/h6-10,14-15,23-24,26,30H,4-5,11-13,16-19H2,1-3H3,(H,34,35)/t23-,24?,26?/m0/s1. The van der Waals surface area contributed by atoms with Crippen LogP contribution < -0.4 is 10.1 Å². The van der Waals surface area contributed by atoms with E-state index in [9.17, 15) is 14.7 Å². The molecule has 2 aromatic rings. The van der Waals surface area contributed by atoms with E-state index >= 15 is 0 Å². The first-order valence-corrected chi connectivity index (χ1v) is 13.2. The van der Waals surface area contributed by atoms with E-state index in [1.54, 1.807) is 0 Å². The molecule has 2 aliphatic rings. The number of hydrogen-bond acceptors (Lipinski definition) is 4. The van der Waals surface area contributed by atoms with Gasteiger partial charge in [0.15, 0.2) is 0 Å². The summed E-state index contributed by atoms with van der Waals surface area (Å²) in [5.74, 6) is 1.90. The van der Waals surface area contributed by atoms with Crippen molar-refractivity contribution in [3.63, 3.8) is 0 Å². The number of carbonyl (C=O) groups excluding carboxylic acids is 1. The van der Waals surface area contributed by atoms with Gasteiger partial charge in [0, 0.05) is 38.3 Å². The molecule has 36 heavy (non-hydrogen) atoms. The summed E-state index contributed by atoms with van der Waals surface area (Å²) in [6.45, 7) is 11.1. The van der Waals surface area contributed by atoms with Crippen molar-refractivity contribution in [1.29, 1.82) is 0 Å². The third-order valence-electron chi connectivity index (χ3n) is 7.57. The molecule has 2 N–H and O–H groups in total. The lowest BCUT2D eigenvalue weighted by atomic mass is 10.0. The molecule has 2 aliphatic heterocycles. The Hall–Kier alpha value is -3.06. The number of ether oxygens (including phenoxy) is 1. The maximum Gasteiger partial charge on any atom is 0.405 e. The topological polar surface area (TPSA) is 82.1 Å². The zero-order chi connectivity index (χ0) is 25.7. The van der Waals surface area contributed by atoms with Crippen molar-refractivity contribution in [2.75, 3.05) is 39.3 Å². The van der Waals surface area contributed by atoms with Crippen molar-refractivity contribution in [1.82, 2.24) is 15.1 Å². The fourth-order valence-corrected chi connectivity index (χ4v) is 5.74. The molecule has 0 aromatic heterocycles. The number of nitrogens with zero attached hydrogens (tertiary/aromatic N) is 2. The van der Waals surface area contributed by atoms with Crippen molar-refractivity contribution in [3.8, 4) is 5.75 Å². The molecule has 4 rings (SSSR count). The van der Waals surface area contributed by atoms with E-state index in [1.165, 1.54) is 0 Å². The molecule has 0 saturated carbocycles. The van der Waals surface area contributed by atoms with Crippen LogP contribution in [-0.4, -0.2) is 66.2 Å². The van der Waals surface area contributed by atoms with Gasteiger partial charge in [-0.15, -0.1) is 0 Å². The fraction of sp³-hybridized carbons (Fsp3) is 0.517. The molecule has 2 heterocycles. The molecule has 2 fully saturated rings. The van der Waals surface area contributed by atoms with E-state index in [0.717, 1.165) is 80.0 Å². The summed E-state index contributed by atoms with van der Waals surface area (Å²) in [4.78, 5) is 29.2. The largest absolute Gasteiger partial charge is 0.494 e. The van der Waals surface area contributed by atoms with Gasteiger partial charge in [-0.05, 0) is 67.3 Å². The summed E-state index contributed by atoms with van der Waals surface area (Å²) < 4.78 is 5.86. The number of carboxylic acid groups (broad SMARTS) is 1. The van der Waals surface area contributed by atoms with Crippen LogP contribution in [0.25, 0.3) is 0 Å². The van der Waals surface area contributed by atoms with Gasteiger partial charge in [0.25, 0.3) is 5.91 Å². The Morgan fingerprint density at radius 2 is 1.69 bits per heavy atom. The molecule has 2 aromatic carbocycles. The molecular weight excluding hydrogens is 454 g/mol. The van der Waals surface area contributed by atoms with Crippen LogP contribution in [0.1, 0.15) is 59.3 Å². The zero-order valence-electron chi connectivity index (χ0n) is 21.7.